The van der Waals surface area contributed by atoms with Crippen LogP contribution in [0.25, 0.3) is 0 Å². The molecule has 21 heavy (non-hydrogen) atoms. The molecule has 0 spiro atoms. The minimum Gasteiger partial charge on any atom is -0.366 e. The van der Waals surface area contributed by atoms with Gasteiger partial charge in [-0.2, -0.15) is 13.2 Å². The van der Waals surface area contributed by atoms with Gasteiger partial charge in [0.1, 0.15) is 0 Å². The van der Waals surface area contributed by atoms with Gasteiger partial charge in [-0.05, 0) is 29.2 Å². The minimum absolute atomic E-state index is 0.0858. The van der Waals surface area contributed by atoms with E-state index in [1.54, 1.807) is 24.3 Å². The molecule has 0 aliphatic carbocycles. The third-order valence-corrected chi connectivity index (χ3v) is 3.15. The third-order valence-electron chi connectivity index (χ3n) is 3.15. The highest BCUT2D eigenvalue weighted by Gasteiger charge is 2.29. The Kier molecular flexibility index (Phi) is 4.31. The normalized spacial score (nSPS) is 11.4. The average molecular weight is 293 g/mol. The molecule has 0 aromatic heterocycles. The number of hydrogen-bond donors (Lipinski definition) is 1. The SMILES string of the molecule is NC(=O)c1cccc(CC(F)(F)F)c1Cc1ccccc1. The molecule has 2 N–H and O–H groups in total. The van der Waals surface area contributed by atoms with E-state index in [4.69, 9.17) is 5.73 Å². The zero-order valence-corrected chi connectivity index (χ0v) is 11.2. The van der Waals surface area contributed by atoms with Gasteiger partial charge in [0.2, 0.25) is 5.91 Å². The molecule has 0 unspecified atom stereocenters. The van der Waals surface area contributed by atoms with Gasteiger partial charge < -0.3 is 5.73 Å². The molecule has 0 aliphatic rings. The van der Waals surface area contributed by atoms with Crippen LogP contribution in [0.15, 0.2) is 48.5 Å². The summed E-state index contributed by atoms with van der Waals surface area (Å²) >= 11 is 0. The van der Waals surface area contributed by atoms with Crippen molar-refractivity contribution >= 4 is 5.91 Å². The Morgan fingerprint density at radius 3 is 2.24 bits per heavy atom. The first-order chi connectivity index (χ1) is 9.87. The Balaban J connectivity index is 2.46. The molecular weight excluding hydrogens is 279 g/mol. The van der Waals surface area contributed by atoms with Crippen molar-refractivity contribution in [1.82, 2.24) is 0 Å². The molecule has 5 heteroatoms. The summed E-state index contributed by atoms with van der Waals surface area (Å²) in [5, 5.41) is 0. The molecule has 0 heterocycles. The number of amides is 1. The van der Waals surface area contributed by atoms with Gasteiger partial charge in [0, 0.05) is 5.56 Å². The third kappa shape index (κ3) is 4.08. The summed E-state index contributed by atoms with van der Waals surface area (Å²) in [6.07, 6.45) is -5.16. The van der Waals surface area contributed by atoms with Crippen molar-refractivity contribution < 1.29 is 18.0 Å². The molecule has 2 aromatic rings. The number of nitrogens with two attached hydrogens (primary N) is 1. The van der Waals surface area contributed by atoms with Crippen LogP contribution in [0.3, 0.4) is 0 Å². The Hall–Kier alpha value is -2.30. The van der Waals surface area contributed by atoms with Gasteiger partial charge in [-0.25, -0.2) is 0 Å². The highest BCUT2D eigenvalue weighted by atomic mass is 19.4. The van der Waals surface area contributed by atoms with Gasteiger partial charge in [0.25, 0.3) is 0 Å². The molecule has 0 fully saturated rings. The van der Waals surface area contributed by atoms with Crippen LogP contribution >= 0.6 is 0 Å². The fourth-order valence-electron chi connectivity index (χ4n) is 2.26. The first-order valence-electron chi connectivity index (χ1n) is 6.38. The highest BCUT2D eigenvalue weighted by molar-refractivity contribution is 5.94. The maximum atomic E-state index is 12.7. The largest absolute Gasteiger partial charge is 0.393 e. The van der Waals surface area contributed by atoms with Crippen LogP contribution in [0.2, 0.25) is 0 Å². The number of halogens is 3. The molecule has 0 atom stereocenters. The topological polar surface area (TPSA) is 43.1 Å². The lowest BCUT2D eigenvalue weighted by atomic mass is 9.92. The van der Waals surface area contributed by atoms with Crippen molar-refractivity contribution in [3.05, 3.63) is 70.8 Å². The van der Waals surface area contributed by atoms with Crippen molar-refractivity contribution in [2.24, 2.45) is 5.73 Å². The monoisotopic (exact) mass is 293 g/mol. The molecule has 0 saturated heterocycles. The molecule has 2 nitrogen and oxygen atoms in total. The molecule has 2 rings (SSSR count). The van der Waals surface area contributed by atoms with Crippen LogP contribution in [0.5, 0.6) is 0 Å². The van der Waals surface area contributed by atoms with E-state index in [2.05, 4.69) is 0 Å². The van der Waals surface area contributed by atoms with Crippen LogP contribution < -0.4 is 5.73 Å². The van der Waals surface area contributed by atoms with Gasteiger partial charge in [-0.3, -0.25) is 4.79 Å². The lowest BCUT2D eigenvalue weighted by Crippen LogP contribution is -2.18. The lowest BCUT2D eigenvalue weighted by Gasteiger charge is -2.15. The molecular formula is C16H14F3NO. The van der Waals surface area contributed by atoms with Crippen LogP contribution in [0, 0.1) is 0 Å². The second kappa shape index (κ2) is 5.99. The van der Waals surface area contributed by atoms with Crippen molar-refractivity contribution in [3.63, 3.8) is 0 Å². The van der Waals surface area contributed by atoms with Gasteiger partial charge in [0.05, 0.1) is 6.42 Å². The van der Waals surface area contributed by atoms with E-state index >= 15 is 0 Å². The molecule has 2 aromatic carbocycles. The van der Waals surface area contributed by atoms with E-state index in [1.807, 2.05) is 6.07 Å². The van der Waals surface area contributed by atoms with Gasteiger partial charge in [-0.1, -0.05) is 42.5 Å². The summed E-state index contributed by atoms with van der Waals surface area (Å²) in [6, 6.07) is 13.3. The zero-order valence-electron chi connectivity index (χ0n) is 11.2. The summed E-state index contributed by atoms with van der Waals surface area (Å²) < 4.78 is 38.0. The minimum atomic E-state index is -4.33. The fourth-order valence-corrected chi connectivity index (χ4v) is 2.26. The predicted octanol–water partition coefficient (Wildman–Crippen LogP) is 3.48. The van der Waals surface area contributed by atoms with Gasteiger partial charge >= 0.3 is 6.18 Å². The predicted molar refractivity (Wildman–Crippen MR) is 74.0 cm³/mol. The number of rotatable bonds is 4. The molecule has 0 saturated carbocycles. The number of carbonyl (C=O) groups excluding carboxylic acids is 1. The Labute approximate surface area is 120 Å². The van der Waals surface area contributed by atoms with Gasteiger partial charge in [0.15, 0.2) is 0 Å². The molecule has 0 bridgehead atoms. The quantitative estimate of drug-likeness (QED) is 0.921. The summed E-state index contributed by atoms with van der Waals surface area (Å²) in [7, 11) is 0. The van der Waals surface area contributed by atoms with Crippen LogP contribution in [0.1, 0.15) is 27.0 Å². The van der Waals surface area contributed by atoms with E-state index in [1.165, 1.54) is 18.2 Å². The fraction of sp³-hybridized carbons (Fsp3) is 0.188. The van der Waals surface area contributed by atoms with Crippen molar-refractivity contribution in [1.29, 1.82) is 0 Å². The van der Waals surface area contributed by atoms with E-state index in [9.17, 15) is 18.0 Å². The van der Waals surface area contributed by atoms with Crippen molar-refractivity contribution in [2.75, 3.05) is 0 Å². The summed E-state index contributed by atoms with van der Waals surface area (Å²) in [6.45, 7) is 0. The number of carbonyl (C=O) groups is 1. The number of hydrogen-bond acceptors (Lipinski definition) is 1. The van der Waals surface area contributed by atoms with Crippen LogP contribution in [0.4, 0.5) is 13.2 Å². The average Bonchev–Trinajstić information content (AvgIpc) is 2.40. The number of benzene rings is 2. The Bertz CT molecular complexity index is 636. The molecule has 0 radical (unpaired) electrons. The van der Waals surface area contributed by atoms with Crippen molar-refractivity contribution in [3.8, 4) is 0 Å². The van der Waals surface area contributed by atoms with Gasteiger partial charge in [-0.15, -0.1) is 0 Å². The number of alkyl halides is 3. The van der Waals surface area contributed by atoms with Crippen LogP contribution in [-0.2, 0) is 12.8 Å². The lowest BCUT2D eigenvalue weighted by molar-refractivity contribution is -0.127. The number of primary amides is 1. The van der Waals surface area contributed by atoms with E-state index in [0.29, 0.717) is 5.56 Å². The maximum absolute atomic E-state index is 12.7. The first kappa shape index (κ1) is 15.1. The Morgan fingerprint density at radius 2 is 1.67 bits per heavy atom. The Morgan fingerprint density at radius 1 is 1.00 bits per heavy atom. The summed E-state index contributed by atoms with van der Waals surface area (Å²) in [5.41, 5.74) is 6.68. The van der Waals surface area contributed by atoms with E-state index in [-0.39, 0.29) is 17.5 Å². The van der Waals surface area contributed by atoms with Crippen LogP contribution in [-0.4, -0.2) is 12.1 Å². The smallest absolute Gasteiger partial charge is 0.366 e. The van der Waals surface area contributed by atoms with E-state index in [0.717, 1.165) is 5.56 Å². The maximum Gasteiger partial charge on any atom is 0.393 e. The zero-order chi connectivity index (χ0) is 15.5. The first-order valence-corrected chi connectivity index (χ1v) is 6.38. The summed E-state index contributed by atoms with van der Waals surface area (Å²) in [4.78, 5) is 11.5. The van der Waals surface area contributed by atoms with E-state index < -0.39 is 18.5 Å². The molecule has 110 valence electrons. The second-order valence-corrected chi connectivity index (χ2v) is 4.76. The summed E-state index contributed by atoms with van der Waals surface area (Å²) in [5.74, 6) is -0.718. The molecule has 1 amide bonds. The second-order valence-electron chi connectivity index (χ2n) is 4.76. The highest BCUT2D eigenvalue weighted by Crippen LogP contribution is 2.26. The molecule has 0 aliphatic heterocycles. The standard InChI is InChI=1S/C16H14F3NO/c17-16(18,19)10-12-7-4-8-13(15(20)21)14(12)9-11-5-2-1-3-6-11/h1-8H,9-10H2,(H2,20,21). The van der Waals surface area contributed by atoms with Crippen molar-refractivity contribution in [2.45, 2.75) is 19.0 Å².